The van der Waals surface area contributed by atoms with Gasteiger partial charge in [0.2, 0.25) is 0 Å². The second-order valence-electron chi connectivity index (χ2n) is 7.60. The van der Waals surface area contributed by atoms with Gasteiger partial charge in [0, 0.05) is 55.3 Å². The summed E-state index contributed by atoms with van der Waals surface area (Å²) in [4.78, 5) is 1.85. The van der Waals surface area contributed by atoms with Crippen LogP contribution in [0.15, 0.2) is 91.5 Å². The van der Waals surface area contributed by atoms with Crippen LogP contribution in [0.3, 0.4) is 0 Å². The Balaban J connectivity index is 1.56. The van der Waals surface area contributed by atoms with Crippen LogP contribution in [-0.4, -0.2) is 28.4 Å². The van der Waals surface area contributed by atoms with E-state index in [0.29, 0.717) is 0 Å². The van der Waals surface area contributed by atoms with E-state index in [1.165, 1.54) is 24.1 Å². The van der Waals surface area contributed by atoms with E-state index in [0.717, 1.165) is 64.0 Å². The monoisotopic (exact) mass is 662 g/mol. The van der Waals surface area contributed by atoms with E-state index in [-0.39, 0.29) is 0 Å². The Morgan fingerprint density at radius 2 is 0.946 bits per heavy atom. The minimum atomic E-state index is 0.755. The van der Waals surface area contributed by atoms with Crippen molar-refractivity contribution in [3.05, 3.63) is 81.7 Å². The largest absolute Gasteiger partial charge is 0.497 e. The molecule has 0 saturated carbocycles. The first-order valence-corrected chi connectivity index (χ1v) is 14.1. The van der Waals surface area contributed by atoms with E-state index in [4.69, 9.17) is 22.6 Å². The normalized spacial score (nSPS) is 10.8. The number of methoxy groups -OCH3 is 4. The Hall–Kier alpha value is -2.30. The molecule has 0 N–H and O–H groups in total. The van der Waals surface area contributed by atoms with Crippen molar-refractivity contribution < 1.29 is 22.6 Å². The van der Waals surface area contributed by atoms with Crippen LogP contribution < -0.4 is 18.9 Å². The van der Waals surface area contributed by atoms with Crippen LogP contribution in [0, 0.1) is 0 Å². The highest BCUT2D eigenvalue weighted by molar-refractivity contribution is 9.11. The van der Waals surface area contributed by atoms with Gasteiger partial charge in [0.1, 0.15) is 23.0 Å². The summed E-state index contributed by atoms with van der Waals surface area (Å²) in [5, 5.41) is 0. The standard InChI is InChI=1S/C28H24Br2O5S2/c1-31-17-11-13-23(33-3)21(15-17)19-7-5-9-25(27(19)29)36-35-37-26-10-6-8-20(28(26)30)22-16-18(32-2)12-14-24(22)34-4/h5-16H,1-4H3. The van der Waals surface area contributed by atoms with Crippen LogP contribution in [0.2, 0.25) is 0 Å². The SMILES string of the molecule is COc1ccc(OC)c(-c2cccc(SOSc3cccc(-c4cc(OC)ccc4OC)c3Br)c2Br)c1. The fourth-order valence-corrected chi connectivity index (χ4v) is 6.42. The van der Waals surface area contributed by atoms with E-state index in [1.807, 2.05) is 72.8 Å². The topological polar surface area (TPSA) is 46.2 Å². The first-order valence-electron chi connectivity index (χ1n) is 11.0. The van der Waals surface area contributed by atoms with Gasteiger partial charge in [-0.2, -0.15) is 0 Å². The molecule has 0 heterocycles. The van der Waals surface area contributed by atoms with E-state index in [2.05, 4.69) is 31.9 Å². The molecule has 0 aliphatic heterocycles. The highest BCUT2D eigenvalue weighted by Crippen LogP contribution is 2.45. The van der Waals surface area contributed by atoms with Crippen LogP contribution in [0.5, 0.6) is 23.0 Å². The highest BCUT2D eigenvalue weighted by Gasteiger charge is 2.17. The Bertz CT molecular complexity index is 1290. The van der Waals surface area contributed by atoms with E-state index in [9.17, 15) is 0 Å². The summed E-state index contributed by atoms with van der Waals surface area (Å²) in [6.07, 6.45) is 0. The molecule has 0 bridgehead atoms. The number of ether oxygens (including phenoxy) is 4. The molecule has 37 heavy (non-hydrogen) atoms. The van der Waals surface area contributed by atoms with Gasteiger partial charge in [0.05, 0.1) is 38.2 Å². The second-order valence-corrected chi connectivity index (χ2v) is 10.9. The van der Waals surface area contributed by atoms with Crippen LogP contribution in [0.25, 0.3) is 22.3 Å². The minimum absolute atomic E-state index is 0.755. The van der Waals surface area contributed by atoms with Crippen LogP contribution in [0.1, 0.15) is 0 Å². The van der Waals surface area contributed by atoms with Crippen molar-refractivity contribution in [2.75, 3.05) is 28.4 Å². The average molecular weight is 664 g/mol. The molecule has 0 spiro atoms. The van der Waals surface area contributed by atoms with Gasteiger partial charge in [-0.1, -0.05) is 24.3 Å². The maximum atomic E-state index is 6.01. The summed E-state index contributed by atoms with van der Waals surface area (Å²) in [5.41, 5.74) is 3.79. The summed E-state index contributed by atoms with van der Waals surface area (Å²) in [5.74, 6) is 3.02. The molecule has 0 radical (unpaired) electrons. The summed E-state index contributed by atoms with van der Waals surface area (Å²) in [6, 6.07) is 23.5. The molecule has 0 aliphatic rings. The van der Waals surface area contributed by atoms with Crippen LogP contribution in [-0.2, 0) is 3.63 Å². The number of hydrogen-bond acceptors (Lipinski definition) is 7. The van der Waals surface area contributed by atoms with Crippen molar-refractivity contribution in [3.8, 4) is 45.3 Å². The summed E-state index contributed by atoms with van der Waals surface area (Å²) in [6.45, 7) is 0. The Labute approximate surface area is 242 Å². The second kappa shape index (κ2) is 13.0. The molecule has 0 fully saturated rings. The van der Waals surface area contributed by atoms with Crippen LogP contribution in [0.4, 0.5) is 0 Å². The molecule has 0 amide bonds. The Morgan fingerprint density at radius 3 is 1.32 bits per heavy atom. The third-order valence-corrected chi connectivity index (χ3v) is 9.39. The first-order chi connectivity index (χ1) is 18.0. The number of benzene rings is 4. The fourth-order valence-electron chi connectivity index (χ4n) is 3.71. The maximum Gasteiger partial charge on any atom is 0.126 e. The van der Waals surface area contributed by atoms with Gasteiger partial charge in [-0.25, -0.2) is 3.63 Å². The predicted octanol–water partition coefficient (Wildman–Crippen LogP) is 9.31. The summed E-state index contributed by atoms with van der Waals surface area (Å²) >= 11 is 10.1. The van der Waals surface area contributed by atoms with Crippen molar-refractivity contribution in [1.82, 2.24) is 0 Å². The molecule has 5 nitrogen and oxygen atoms in total. The summed E-state index contributed by atoms with van der Waals surface area (Å²) in [7, 11) is 6.61. The molecular formula is C28H24Br2O5S2. The van der Waals surface area contributed by atoms with Gasteiger partial charge in [-0.05, 0) is 80.4 Å². The van der Waals surface area contributed by atoms with Gasteiger partial charge < -0.3 is 18.9 Å². The smallest absolute Gasteiger partial charge is 0.126 e. The van der Waals surface area contributed by atoms with Crippen molar-refractivity contribution in [1.29, 1.82) is 0 Å². The molecule has 4 rings (SSSR count). The van der Waals surface area contributed by atoms with E-state index in [1.54, 1.807) is 28.4 Å². The molecule has 0 unspecified atom stereocenters. The number of halogens is 2. The lowest BCUT2D eigenvalue weighted by atomic mass is 10.0. The molecule has 0 saturated heterocycles. The van der Waals surface area contributed by atoms with Gasteiger partial charge in [-0.3, -0.25) is 0 Å². The molecular weight excluding hydrogens is 640 g/mol. The molecule has 192 valence electrons. The lowest BCUT2D eigenvalue weighted by Gasteiger charge is -2.15. The molecule has 0 atom stereocenters. The number of hydrogen-bond donors (Lipinski definition) is 0. The highest BCUT2D eigenvalue weighted by atomic mass is 79.9. The molecule has 0 aromatic heterocycles. The Kier molecular flexibility index (Phi) is 9.72. The van der Waals surface area contributed by atoms with Crippen LogP contribution >= 0.6 is 55.9 Å². The zero-order chi connectivity index (χ0) is 26.4. The first kappa shape index (κ1) is 27.7. The van der Waals surface area contributed by atoms with Crippen molar-refractivity contribution in [2.24, 2.45) is 0 Å². The zero-order valence-corrected chi connectivity index (χ0v) is 25.3. The van der Waals surface area contributed by atoms with Gasteiger partial charge in [-0.15, -0.1) is 0 Å². The minimum Gasteiger partial charge on any atom is -0.497 e. The third-order valence-electron chi connectivity index (χ3n) is 5.57. The molecule has 9 heteroatoms. The number of rotatable bonds is 10. The van der Waals surface area contributed by atoms with E-state index < -0.39 is 0 Å². The van der Waals surface area contributed by atoms with Crippen molar-refractivity contribution in [3.63, 3.8) is 0 Å². The molecule has 4 aromatic carbocycles. The average Bonchev–Trinajstić information content (AvgIpc) is 2.94. The maximum absolute atomic E-state index is 6.01. The van der Waals surface area contributed by atoms with E-state index >= 15 is 0 Å². The van der Waals surface area contributed by atoms with Gasteiger partial charge in [0.15, 0.2) is 0 Å². The van der Waals surface area contributed by atoms with Gasteiger partial charge >= 0.3 is 0 Å². The molecule has 0 aliphatic carbocycles. The quantitative estimate of drug-likeness (QED) is 0.157. The lowest BCUT2D eigenvalue weighted by molar-refractivity contribution is 0.404. The van der Waals surface area contributed by atoms with Gasteiger partial charge in [0.25, 0.3) is 0 Å². The Morgan fingerprint density at radius 1 is 0.514 bits per heavy atom. The summed E-state index contributed by atoms with van der Waals surface area (Å²) < 4.78 is 29.8. The van der Waals surface area contributed by atoms with Crippen molar-refractivity contribution >= 4 is 55.9 Å². The third kappa shape index (κ3) is 6.23. The fraction of sp³-hybridized carbons (Fsp3) is 0.143. The lowest BCUT2D eigenvalue weighted by Crippen LogP contribution is -1.92. The predicted molar refractivity (Wildman–Crippen MR) is 158 cm³/mol. The van der Waals surface area contributed by atoms with Crippen molar-refractivity contribution in [2.45, 2.75) is 9.79 Å². The zero-order valence-electron chi connectivity index (χ0n) is 20.5. The molecule has 4 aromatic rings.